The predicted molar refractivity (Wildman–Crippen MR) is 102 cm³/mol. The molecule has 3 rings (SSSR count). The standard InChI is InChI=1S/C21H24N2O4/c1-13-7-15(13)10-19(24)16-9-18(20(25)22-2)21(26)23(12-16)11-14-5-4-6-17(8-14)27-3/h4-6,8-9,12-13,15H,7,10-11H2,1-3H3,(H,22,25)/t13-,15+/m0/s1. The number of ether oxygens (including phenoxy) is 1. The van der Waals surface area contributed by atoms with Gasteiger partial charge in [-0.2, -0.15) is 0 Å². The maximum absolute atomic E-state index is 12.7. The molecule has 142 valence electrons. The number of carbonyl (C=O) groups is 2. The van der Waals surface area contributed by atoms with Crippen molar-refractivity contribution in [3.63, 3.8) is 0 Å². The van der Waals surface area contributed by atoms with Gasteiger partial charge in [0.05, 0.1) is 13.7 Å². The number of nitrogens with zero attached hydrogens (tertiary/aromatic N) is 1. The summed E-state index contributed by atoms with van der Waals surface area (Å²) in [5.41, 5.74) is 0.804. The molecule has 1 aromatic carbocycles. The van der Waals surface area contributed by atoms with Crippen molar-refractivity contribution in [3.8, 4) is 5.75 Å². The lowest BCUT2D eigenvalue weighted by Crippen LogP contribution is -2.32. The van der Waals surface area contributed by atoms with E-state index in [4.69, 9.17) is 4.74 Å². The third-order valence-electron chi connectivity index (χ3n) is 5.09. The smallest absolute Gasteiger partial charge is 0.263 e. The summed E-state index contributed by atoms with van der Waals surface area (Å²) in [6, 6.07) is 8.77. The average molecular weight is 368 g/mol. The molecule has 0 unspecified atom stereocenters. The second-order valence-corrected chi connectivity index (χ2v) is 7.11. The number of carbonyl (C=O) groups excluding carboxylic acids is 2. The molecular weight excluding hydrogens is 344 g/mol. The van der Waals surface area contributed by atoms with Crippen molar-refractivity contribution >= 4 is 11.7 Å². The third-order valence-corrected chi connectivity index (χ3v) is 5.09. The van der Waals surface area contributed by atoms with E-state index >= 15 is 0 Å². The number of aromatic nitrogens is 1. The lowest BCUT2D eigenvalue weighted by molar-refractivity contribution is 0.0961. The van der Waals surface area contributed by atoms with Gasteiger partial charge >= 0.3 is 0 Å². The summed E-state index contributed by atoms with van der Waals surface area (Å²) in [5, 5.41) is 2.47. The first-order chi connectivity index (χ1) is 12.9. The quantitative estimate of drug-likeness (QED) is 0.762. The van der Waals surface area contributed by atoms with E-state index in [2.05, 4.69) is 12.2 Å². The molecule has 1 aromatic heterocycles. The predicted octanol–water partition coefficient (Wildman–Crippen LogP) is 2.49. The van der Waals surface area contributed by atoms with Gasteiger partial charge in [-0.15, -0.1) is 0 Å². The Labute approximate surface area is 158 Å². The van der Waals surface area contributed by atoms with E-state index in [1.807, 2.05) is 24.3 Å². The summed E-state index contributed by atoms with van der Waals surface area (Å²) in [5.74, 6) is 1.12. The van der Waals surface area contributed by atoms with Gasteiger partial charge in [0.15, 0.2) is 5.78 Å². The van der Waals surface area contributed by atoms with Crippen LogP contribution in [0.1, 0.15) is 46.0 Å². The summed E-state index contributed by atoms with van der Waals surface area (Å²) in [6.07, 6.45) is 3.06. The second kappa shape index (κ2) is 7.78. The van der Waals surface area contributed by atoms with Crippen LogP contribution in [-0.4, -0.2) is 30.4 Å². The highest BCUT2D eigenvalue weighted by atomic mass is 16.5. The molecule has 0 bridgehead atoms. The van der Waals surface area contributed by atoms with Crippen LogP contribution in [-0.2, 0) is 6.54 Å². The first kappa shape index (κ1) is 18.9. The molecule has 1 N–H and O–H groups in total. The van der Waals surface area contributed by atoms with Crippen LogP contribution in [0.15, 0.2) is 41.3 Å². The van der Waals surface area contributed by atoms with E-state index < -0.39 is 11.5 Å². The van der Waals surface area contributed by atoms with Gasteiger partial charge in [-0.3, -0.25) is 14.4 Å². The molecule has 1 aliphatic rings. The van der Waals surface area contributed by atoms with Gasteiger partial charge in [-0.25, -0.2) is 0 Å². The minimum atomic E-state index is -0.492. The van der Waals surface area contributed by atoms with E-state index in [0.717, 1.165) is 12.0 Å². The Bertz CT molecular complexity index is 932. The molecule has 6 heteroatoms. The zero-order chi connectivity index (χ0) is 19.6. The van der Waals surface area contributed by atoms with E-state index in [9.17, 15) is 14.4 Å². The van der Waals surface area contributed by atoms with Crippen molar-refractivity contribution in [2.45, 2.75) is 26.3 Å². The number of benzene rings is 1. The highest BCUT2D eigenvalue weighted by molar-refractivity contribution is 6.00. The van der Waals surface area contributed by atoms with Crippen LogP contribution in [0.3, 0.4) is 0 Å². The number of hydrogen-bond donors (Lipinski definition) is 1. The largest absolute Gasteiger partial charge is 0.497 e. The Morgan fingerprint density at radius 1 is 1.30 bits per heavy atom. The number of amides is 1. The molecule has 1 aliphatic carbocycles. The van der Waals surface area contributed by atoms with E-state index in [1.54, 1.807) is 13.3 Å². The van der Waals surface area contributed by atoms with Crippen molar-refractivity contribution in [3.05, 3.63) is 63.6 Å². The van der Waals surface area contributed by atoms with E-state index in [-0.39, 0.29) is 17.9 Å². The lowest BCUT2D eigenvalue weighted by atomic mass is 10.0. The number of pyridine rings is 1. The molecule has 2 aromatic rings. The van der Waals surface area contributed by atoms with Gasteiger partial charge in [-0.1, -0.05) is 19.1 Å². The summed E-state index contributed by atoms with van der Waals surface area (Å²) >= 11 is 0. The van der Waals surface area contributed by atoms with Gasteiger partial charge in [0.25, 0.3) is 11.5 Å². The van der Waals surface area contributed by atoms with Crippen molar-refractivity contribution in [2.24, 2.45) is 11.8 Å². The molecule has 6 nitrogen and oxygen atoms in total. The summed E-state index contributed by atoms with van der Waals surface area (Å²) in [4.78, 5) is 37.5. The molecule has 1 fully saturated rings. The normalized spacial score (nSPS) is 18.0. The maximum atomic E-state index is 12.7. The van der Waals surface area contributed by atoms with Crippen molar-refractivity contribution < 1.29 is 14.3 Å². The Morgan fingerprint density at radius 3 is 2.67 bits per heavy atom. The Morgan fingerprint density at radius 2 is 2.04 bits per heavy atom. The van der Waals surface area contributed by atoms with Crippen LogP contribution in [0.25, 0.3) is 0 Å². The first-order valence-electron chi connectivity index (χ1n) is 9.05. The maximum Gasteiger partial charge on any atom is 0.263 e. The highest BCUT2D eigenvalue weighted by Gasteiger charge is 2.34. The number of hydrogen-bond acceptors (Lipinski definition) is 4. The molecule has 0 aliphatic heterocycles. The average Bonchev–Trinajstić information content (AvgIpc) is 3.37. The van der Waals surface area contributed by atoms with E-state index in [0.29, 0.717) is 29.6 Å². The fourth-order valence-corrected chi connectivity index (χ4v) is 3.21. The summed E-state index contributed by atoms with van der Waals surface area (Å²) < 4.78 is 6.64. The molecule has 0 saturated heterocycles. The third kappa shape index (κ3) is 4.27. The van der Waals surface area contributed by atoms with Gasteiger partial charge in [0, 0.05) is 25.2 Å². The molecule has 27 heavy (non-hydrogen) atoms. The zero-order valence-electron chi connectivity index (χ0n) is 15.8. The molecule has 2 atom stereocenters. The Balaban J connectivity index is 1.97. The molecule has 0 radical (unpaired) electrons. The van der Waals surface area contributed by atoms with Crippen LogP contribution in [0.4, 0.5) is 0 Å². The number of Topliss-reactive ketones (excluding diaryl/α,β-unsaturated/α-hetero) is 1. The topological polar surface area (TPSA) is 77.4 Å². The van der Waals surface area contributed by atoms with E-state index in [1.165, 1.54) is 17.7 Å². The van der Waals surface area contributed by atoms with Gasteiger partial charge in [-0.05, 0) is 42.0 Å². The second-order valence-electron chi connectivity index (χ2n) is 7.11. The molecule has 0 spiro atoms. The number of rotatable bonds is 7. The highest BCUT2D eigenvalue weighted by Crippen LogP contribution is 2.41. The van der Waals surface area contributed by atoms with Crippen LogP contribution >= 0.6 is 0 Å². The molecule has 1 saturated carbocycles. The first-order valence-corrected chi connectivity index (χ1v) is 9.05. The molecule has 1 amide bonds. The minimum Gasteiger partial charge on any atom is -0.497 e. The minimum absolute atomic E-state index is 0.0184. The van der Waals surface area contributed by atoms with Crippen molar-refractivity contribution in [1.29, 1.82) is 0 Å². The van der Waals surface area contributed by atoms with Crippen LogP contribution < -0.4 is 15.6 Å². The molecule has 1 heterocycles. The summed E-state index contributed by atoms with van der Waals surface area (Å²) in [6.45, 7) is 2.37. The number of methoxy groups -OCH3 is 1. The SMILES string of the molecule is CNC(=O)c1cc(C(=O)C[C@H]2C[C@@H]2C)cn(Cc2cccc(OC)c2)c1=O. The number of nitrogens with one attached hydrogen (secondary N) is 1. The number of ketones is 1. The van der Waals surface area contributed by atoms with Crippen molar-refractivity contribution in [2.75, 3.05) is 14.2 Å². The fourth-order valence-electron chi connectivity index (χ4n) is 3.21. The monoisotopic (exact) mass is 368 g/mol. The Hall–Kier alpha value is -2.89. The van der Waals surface area contributed by atoms with Gasteiger partial charge < -0.3 is 14.6 Å². The zero-order valence-corrected chi connectivity index (χ0v) is 15.8. The van der Waals surface area contributed by atoms with Crippen LogP contribution in [0.2, 0.25) is 0 Å². The molecular formula is C21H24N2O4. The fraction of sp³-hybridized carbons (Fsp3) is 0.381. The Kier molecular flexibility index (Phi) is 5.44. The van der Waals surface area contributed by atoms with Crippen LogP contribution in [0.5, 0.6) is 5.75 Å². The van der Waals surface area contributed by atoms with Gasteiger partial charge in [0.1, 0.15) is 11.3 Å². The van der Waals surface area contributed by atoms with Gasteiger partial charge in [0.2, 0.25) is 0 Å². The van der Waals surface area contributed by atoms with Crippen LogP contribution in [0, 0.1) is 11.8 Å². The van der Waals surface area contributed by atoms with Crippen molar-refractivity contribution in [1.82, 2.24) is 9.88 Å². The summed E-state index contributed by atoms with van der Waals surface area (Å²) in [7, 11) is 3.04. The lowest BCUT2D eigenvalue weighted by Gasteiger charge is -2.12.